The number of halogens is 3. The van der Waals surface area contributed by atoms with E-state index in [-0.39, 0.29) is 25.8 Å². The molecule has 20 heavy (non-hydrogen) atoms. The van der Waals surface area contributed by atoms with Crippen molar-refractivity contribution in [2.45, 2.75) is 4.90 Å². The van der Waals surface area contributed by atoms with E-state index < -0.39 is 15.8 Å². The van der Waals surface area contributed by atoms with Gasteiger partial charge in [-0.15, -0.1) is 0 Å². The van der Waals surface area contributed by atoms with Crippen LogP contribution in [0.2, 0.25) is 5.02 Å². The molecule has 0 heterocycles. The quantitative estimate of drug-likeness (QED) is 0.797. The minimum Gasteiger partial charge on any atom is -0.506 e. The van der Waals surface area contributed by atoms with Gasteiger partial charge in [0.05, 0.1) is 20.1 Å². The van der Waals surface area contributed by atoms with Gasteiger partial charge < -0.3 is 5.11 Å². The fourth-order valence-corrected chi connectivity index (χ4v) is 2.92. The molecule has 0 aliphatic carbocycles. The van der Waals surface area contributed by atoms with E-state index in [2.05, 4.69) is 20.7 Å². The van der Waals surface area contributed by atoms with Gasteiger partial charge >= 0.3 is 0 Å². The van der Waals surface area contributed by atoms with Crippen LogP contribution in [0.25, 0.3) is 0 Å². The van der Waals surface area contributed by atoms with Gasteiger partial charge in [0.2, 0.25) is 0 Å². The molecular weight excluding hydrogens is 373 g/mol. The summed E-state index contributed by atoms with van der Waals surface area (Å²) in [6.07, 6.45) is 0. The maximum Gasteiger partial charge on any atom is 0.261 e. The van der Waals surface area contributed by atoms with Crippen molar-refractivity contribution in [2.24, 2.45) is 0 Å². The lowest BCUT2D eigenvalue weighted by Crippen LogP contribution is -2.13. The molecule has 0 spiro atoms. The molecule has 106 valence electrons. The highest BCUT2D eigenvalue weighted by Crippen LogP contribution is 2.28. The second-order valence-corrected chi connectivity index (χ2v) is 6.79. The normalized spacial score (nSPS) is 11.3. The first-order valence-corrected chi connectivity index (χ1v) is 7.91. The Morgan fingerprint density at radius 3 is 2.50 bits per heavy atom. The zero-order valence-corrected chi connectivity index (χ0v) is 12.9. The first-order chi connectivity index (χ1) is 9.29. The summed E-state index contributed by atoms with van der Waals surface area (Å²) in [4.78, 5) is -0.220. The Kier molecular flexibility index (Phi) is 4.22. The summed E-state index contributed by atoms with van der Waals surface area (Å²) in [6.45, 7) is 0. The van der Waals surface area contributed by atoms with E-state index in [1.54, 1.807) is 0 Å². The maximum atomic E-state index is 13.4. The molecule has 2 rings (SSSR count). The van der Waals surface area contributed by atoms with E-state index in [4.69, 9.17) is 11.6 Å². The van der Waals surface area contributed by atoms with E-state index >= 15 is 0 Å². The second-order valence-electron chi connectivity index (χ2n) is 3.85. The van der Waals surface area contributed by atoms with Gasteiger partial charge in [-0.1, -0.05) is 11.6 Å². The van der Waals surface area contributed by atoms with Gasteiger partial charge in [-0.25, -0.2) is 12.8 Å². The largest absolute Gasteiger partial charge is 0.506 e. The Labute approximate surface area is 128 Å². The fourth-order valence-electron chi connectivity index (χ4n) is 1.43. The van der Waals surface area contributed by atoms with Crippen LogP contribution in [0, 0.1) is 5.82 Å². The molecule has 2 aromatic carbocycles. The molecule has 0 atom stereocenters. The first kappa shape index (κ1) is 15.1. The molecule has 0 radical (unpaired) electrons. The Hall–Kier alpha value is -1.31. The van der Waals surface area contributed by atoms with Gasteiger partial charge in [0, 0.05) is 0 Å². The van der Waals surface area contributed by atoms with E-state index in [1.165, 1.54) is 30.3 Å². The molecule has 0 aliphatic rings. The molecule has 0 amide bonds. The summed E-state index contributed by atoms with van der Waals surface area (Å²) >= 11 is 8.63. The third kappa shape index (κ3) is 3.23. The number of sulfonamides is 1. The number of benzene rings is 2. The van der Waals surface area contributed by atoms with Crippen molar-refractivity contribution in [3.8, 4) is 5.75 Å². The van der Waals surface area contributed by atoms with E-state index in [0.717, 1.165) is 6.07 Å². The molecule has 0 aliphatic heterocycles. The van der Waals surface area contributed by atoms with Gasteiger partial charge in [-0.05, 0) is 52.3 Å². The highest BCUT2D eigenvalue weighted by Gasteiger charge is 2.16. The highest BCUT2D eigenvalue weighted by atomic mass is 79.9. The lowest BCUT2D eigenvalue weighted by Gasteiger charge is -2.09. The summed E-state index contributed by atoms with van der Waals surface area (Å²) in [5, 5.41) is 9.27. The fraction of sp³-hybridized carbons (Fsp3) is 0. The number of rotatable bonds is 3. The van der Waals surface area contributed by atoms with Crippen LogP contribution >= 0.6 is 27.5 Å². The van der Waals surface area contributed by atoms with Crippen LogP contribution in [0.5, 0.6) is 5.75 Å². The Bertz CT molecular complexity index is 767. The monoisotopic (exact) mass is 379 g/mol. The van der Waals surface area contributed by atoms with Crippen molar-refractivity contribution < 1.29 is 17.9 Å². The van der Waals surface area contributed by atoms with Gasteiger partial charge in [-0.2, -0.15) is 0 Å². The van der Waals surface area contributed by atoms with E-state index in [9.17, 15) is 17.9 Å². The molecule has 2 N–H and O–H groups in total. The van der Waals surface area contributed by atoms with E-state index in [0.29, 0.717) is 0 Å². The lowest BCUT2D eigenvalue weighted by atomic mass is 10.3. The third-order valence-electron chi connectivity index (χ3n) is 2.40. The highest BCUT2D eigenvalue weighted by molar-refractivity contribution is 9.10. The van der Waals surface area contributed by atoms with Gasteiger partial charge in [0.1, 0.15) is 11.6 Å². The number of hydrogen-bond acceptors (Lipinski definition) is 3. The lowest BCUT2D eigenvalue weighted by molar-refractivity contribution is 0.475. The average Bonchev–Trinajstić information content (AvgIpc) is 2.37. The third-order valence-corrected chi connectivity index (χ3v) is 4.73. The predicted molar refractivity (Wildman–Crippen MR) is 78.0 cm³/mol. The zero-order valence-electron chi connectivity index (χ0n) is 9.77. The van der Waals surface area contributed by atoms with Crippen molar-refractivity contribution >= 4 is 43.2 Å². The van der Waals surface area contributed by atoms with Crippen molar-refractivity contribution in [2.75, 3.05) is 4.72 Å². The van der Waals surface area contributed by atoms with Crippen LogP contribution in [-0.2, 0) is 10.0 Å². The summed E-state index contributed by atoms with van der Waals surface area (Å²) < 4.78 is 39.9. The average molecular weight is 381 g/mol. The number of aromatic hydroxyl groups is 1. The van der Waals surface area contributed by atoms with Gasteiger partial charge in [0.15, 0.2) is 0 Å². The SMILES string of the molecule is O=S(=O)(Nc1ccc(O)c(Cl)c1)c1ccc(Br)c(F)c1. The molecule has 0 bridgehead atoms. The zero-order chi connectivity index (χ0) is 14.9. The minimum atomic E-state index is -3.93. The number of phenols is 1. The molecule has 2 aromatic rings. The number of phenolic OH excluding ortho intramolecular Hbond substituents is 1. The number of hydrogen-bond donors (Lipinski definition) is 2. The second kappa shape index (κ2) is 5.59. The molecule has 4 nitrogen and oxygen atoms in total. The predicted octanol–water partition coefficient (Wildman–Crippen LogP) is 3.75. The van der Waals surface area contributed by atoms with Gasteiger partial charge in [0.25, 0.3) is 10.0 Å². The standard InChI is InChI=1S/C12H8BrClFNO3S/c13-9-3-2-8(6-11(9)15)20(18,19)16-7-1-4-12(17)10(14)5-7/h1-6,16-17H. The number of nitrogens with one attached hydrogen (secondary N) is 1. The van der Waals surface area contributed by atoms with Crippen LogP contribution in [0.4, 0.5) is 10.1 Å². The Morgan fingerprint density at radius 1 is 1.20 bits per heavy atom. The van der Waals surface area contributed by atoms with Crippen molar-refractivity contribution in [1.82, 2.24) is 0 Å². The molecule has 0 fully saturated rings. The first-order valence-electron chi connectivity index (χ1n) is 5.26. The summed E-state index contributed by atoms with van der Waals surface area (Å²) in [5.41, 5.74) is 0.163. The number of anilines is 1. The van der Waals surface area contributed by atoms with Crippen LogP contribution in [0.1, 0.15) is 0 Å². The summed E-state index contributed by atoms with van der Waals surface area (Å²) in [5.74, 6) is -0.846. The molecule has 0 saturated carbocycles. The van der Waals surface area contributed by atoms with Gasteiger partial charge in [-0.3, -0.25) is 4.72 Å². The smallest absolute Gasteiger partial charge is 0.261 e. The van der Waals surface area contributed by atoms with Crippen molar-refractivity contribution in [1.29, 1.82) is 0 Å². The Morgan fingerprint density at radius 2 is 1.90 bits per heavy atom. The molecule has 0 aromatic heterocycles. The van der Waals surface area contributed by atoms with Crippen molar-refractivity contribution in [3.05, 3.63) is 51.7 Å². The topological polar surface area (TPSA) is 66.4 Å². The summed E-state index contributed by atoms with van der Waals surface area (Å²) in [6, 6.07) is 7.31. The van der Waals surface area contributed by atoms with Crippen LogP contribution in [-0.4, -0.2) is 13.5 Å². The van der Waals surface area contributed by atoms with Crippen LogP contribution in [0.15, 0.2) is 45.8 Å². The molecule has 8 heteroatoms. The summed E-state index contributed by atoms with van der Waals surface area (Å²) in [7, 11) is -3.93. The van der Waals surface area contributed by atoms with Crippen LogP contribution in [0.3, 0.4) is 0 Å². The molecule has 0 saturated heterocycles. The van der Waals surface area contributed by atoms with Crippen molar-refractivity contribution in [3.63, 3.8) is 0 Å². The van der Waals surface area contributed by atoms with E-state index in [1.807, 2.05) is 0 Å². The van der Waals surface area contributed by atoms with Crippen LogP contribution < -0.4 is 4.72 Å². The minimum absolute atomic E-state index is 0.00665. The molecular formula is C12H8BrClFNO3S. The molecule has 0 unspecified atom stereocenters. The maximum absolute atomic E-state index is 13.4. The Balaban J connectivity index is 2.35.